The number of hydrogen-bond donors (Lipinski definition) is 3. The fraction of sp³-hybridized carbons (Fsp3) is 0.375. The monoisotopic (exact) mass is 383 g/mol. The predicted octanol–water partition coefficient (Wildman–Crippen LogP) is 2.57. The summed E-state index contributed by atoms with van der Waals surface area (Å²) >= 11 is 5.99. The van der Waals surface area contributed by atoms with Crippen LogP contribution in [0.25, 0.3) is 0 Å². The molecule has 2 rings (SSSR count). The van der Waals surface area contributed by atoms with Gasteiger partial charge in [0.1, 0.15) is 5.82 Å². The number of sulfonamides is 1. The van der Waals surface area contributed by atoms with Gasteiger partial charge in [0.15, 0.2) is 0 Å². The number of aromatic nitrogens is 2. The zero-order chi connectivity index (χ0) is 18.4. The average Bonchev–Trinajstić information content (AvgIpc) is 2.54. The molecule has 1 aromatic carbocycles. The van der Waals surface area contributed by atoms with Crippen molar-refractivity contribution in [2.75, 3.05) is 30.3 Å². The van der Waals surface area contributed by atoms with Crippen molar-refractivity contribution in [2.45, 2.75) is 25.7 Å². The fourth-order valence-electron chi connectivity index (χ4n) is 2.10. The third kappa shape index (κ3) is 5.55. The molecule has 0 spiro atoms. The van der Waals surface area contributed by atoms with E-state index < -0.39 is 10.0 Å². The van der Waals surface area contributed by atoms with Gasteiger partial charge in [-0.25, -0.2) is 18.1 Å². The van der Waals surface area contributed by atoms with E-state index in [0.29, 0.717) is 17.5 Å². The van der Waals surface area contributed by atoms with Crippen LogP contribution >= 0.6 is 11.6 Å². The Labute approximate surface area is 153 Å². The van der Waals surface area contributed by atoms with Crippen LogP contribution in [0.3, 0.4) is 0 Å². The lowest BCUT2D eigenvalue weighted by atomic mass is 10.2. The summed E-state index contributed by atoms with van der Waals surface area (Å²) in [6.45, 7) is 6.98. The van der Waals surface area contributed by atoms with Crippen molar-refractivity contribution in [2.24, 2.45) is 0 Å². The summed E-state index contributed by atoms with van der Waals surface area (Å²) in [5.41, 5.74) is 1.65. The van der Waals surface area contributed by atoms with Gasteiger partial charge in [0, 0.05) is 36.4 Å². The molecule has 0 radical (unpaired) electrons. The van der Waals surface area contributed by atoms with Crippen LogP contribution in [-0.2, 0) is 10.0 Å². The van der Waals surface area contributed by atoms with E-state index in [1.165, 1.54) is 12.1 Å². The third-order valence-corrected chi connectivity index (χ3v) is 5.23. The quantitative estimate of drug-likeness (QED) is 0.606. The summed E-state index contributed by atoms with van der Waals surface area (Å²) in [4.78, 5) is 8.72. The van der Waals surface area contributed by atoms with Crippen LogP contribution in [0.5, 0.6) is 0 Å². The highest BCUT2D eigenvalue weighted by Crippen LogP contribution is 2.19. The van der Waals surface area contributed by atoms with E-state index in [-0.39, 0.29) is 11.4 Å². The molecule has 0 aliphatic carbocycles. The fourth-order valence-corrected chi connectivity index (χ4v) is 3.41. The number of benzene rings is 1. The van der Waals surface area contributed by atoms with E-state index in [0.717, 1.165) is 23.6 Å². The number of anilines is 2. The van der Waals surface area contributed by atoms with Crippen molar-refractivity contribution in [3.8, 4) is 0 Å². The minimum Gasteiger partial charge on any atom is -0.370 e. The Hall–Kier alpha value is -1.90. The zero-order valence-electron chi connectivity index (χ0n) is 14.4. The molecule has 3 N–H and O–H groups in total. The van der Waals surface area contributed by atoms with Crippen molar-refractivity contribution in [1.29, 1.82) is 0 Å². The highest BCUT2D eigenvalue weighted by molar-refractivity contribution is 7.89. The summed E-state index contributed by atoms with van der Waals surface area (Å²) in [6.07, 6.45) is 0. The van der Waals surface area contributed by atoms with Gasteiger partial charge in [0.05, 0.1) is 4.90 Å². The number of nitrogens with one attached hydrogen (secondary N) is 3. The summed E-state index contributed by atoms with van der Waals surface area (Å²) in [5, 5.41) is 6.55. The molecule has 0 amide bonds. The molecule has 136 valence electrons. The molecule has 0 aliphatic heterocycles. The molecule has 7 nitrogen and oxygen atoms in total. The lowest BCUT2D eigenvalue weighted by molar-refractivity contribution is 0.583. The summed E-state index contributed by atoms with van der Waals surface area (Å²) in [7, 11) is -3.61. The first kappa shape index (κ1) is 19.4. The van der Waals surface area contributed by atoms with E-state index in [2.05, 4.69) is 25.3 Å². The van der Waals surface area contributed by atoms with Crippen LogP contribution in [0.2, 0.25) is 5.02 Å². The Morgan fingerprint density at radius 2 is 1.84 bits per heavy atom. The molecule has 0 unspecified atom stereocenters. The third-order valence-electron chi connectivity index (χ3n) is 3.37. The van der Waals surface area contributed by atoms with Crippen LogP contribution in [0.15, 0.2) is 29.2 Å². The molecule has 2 aromatic rings. The zero-order valence-corrected chi connectivity index (χ0v) is 16.0. The van der Waals surface area contributed by atoms with E-state index >= 15 is 0 Å². The first-order valence-electron chi connectivity index (χ1n) is 7.91. The minimum atomic E-state index is -3.61. The standard InChI is InChI=1S/C16H22ClN5O2S/c1-4-18-15-9-12(3)21-16(22-15)19-7-8-20-25(23,24)13-6-5-11(2)14(17)10-13/h5-6,9-10,20H,4,7-8H2,1-3H3,(H2,18,19,21,22). The number of rotatable bonds is 8. The Morgan fingerprint density at radius 3 is 2.52 bits per heavy atom. The first-order valence-corrected chi connectivity index (χ1v) is 9.77. The lowest BCUT2D eigenvalue weighted by Gasteiger charge is -2.10. The van der Waals surface area contributed by atoms with E-state index in [4.69, 9.17) is 11.6 Å². The van der Waals surface area contributed by atoms with Gasteiger partial charge in [-0.05, 0) is 38.5 Å². The molecule has 0 aliphatic rings. The molecule has 0 fully saturated rings. The first-order chi connectivity index (χ1) is 11.8. The molecule has 0 saturated heterocycles. The van der Waals surface area contributed by atoms with Crippen molar-refractivity contribution in [3.63, 3.8) is 0 Å². The van der Waals surface area contributed by atoms with E-state index in [1.54, 1.807) is 6.07 Å². The van der Waals surface area contributed by atoms with Gasteiger partial charge in [-0.1, -0.05) is 17.7 Å². The van der Waals surface area contributed by atoms with Gasteiger partial charge in [-0.15, -0.1) is 0 Å². The summed E-state index contributed by atoms with van der Waals surface area (Å²) in [6, 6.07) is 6.50. The maximum atomic E-state index is 12.3. The molecule has 1 heterocycles. The number of halogens is 1. The molecular formula is C16H22ClN5O2S. The SMILES string of the molecule is CCNc1cc(C)nc(NCCNS(=O)(=O)c2ccc(C)c(Cl)c2)n1. The normalized spacial score (nSPS) is 11.4. The average molecular weight is 384 g/mol. The summed E-state index contributed by atoms with van der Waals surface area (Å²) < 4.78 is 27.0. The van der Waals surface area contributed by atoms with E-state index in [1.807, 2.05) is 26.8 Å². The predicted molar refractivity (Wildman–Crippen MR) is 101 cm³/mol. The number of aryl methyl sites for hydroxylation is 2. The Kier molecular flexibility index (Phi) is 6.57. The molecule has 0 saturated carbocycles. The van der Waals surface area contributed by atoms with Crippen molar-refractivity contribution < 1.29 is 8.42 Å². The number of hydrogen-bond acceptors (Lipinski definition) is 6. The molecule has 0 bridgehead atoms. The number of nitrogens with zero attached hydrogens (tertiary/aromatic N) is 2. The van der Waals surface area contributed by atoms with Crippen LogP contribution in [0.1, 0.15) is 18.2 Å². The lowest BCUT2D eigenvalue weighted by Crippen LogP contribution is -2.29. The van der Waals surface area contributed by atoms with Gasteiger partial charge in [-0.2, -0.15) is 4.98 Å². The van der Waals surface area contributed by atoms with Gasteiger partial charge in [-0.3, -0.25) is 0 Å². The van der Waals surface area contributed by atoms with Gasteiger partial charge < -0.3 is 10.6 Å². The van der Waals surface area contributed by atoms with Crippen molar-refractivity contribution in [1.82, 2.24) is 14.7 Å². The topological polar surface area (TPSA) is 96.0 Å². The van der Waals surface area contributed by atoms with Crippen LogP contribution < -0.4 is 15.4 Å². The smallest absolute Gasteiger partial charge is 0.240 e. The largest absolute Gasteiger partial charge is 0.370 e. The van der Waals surface area contributed by atoms with Gasteiger partial charge in [0.25, 0.3) is 0 Å². The maximum absolute atomic E-state index is 12.3. The van der Waals surface area contributed by atoms with Gasteiger partial charge >= 0.3 is 0 Å². The van der Waals surface area contributed by atoms with Crippen molar-refractivity contribution >= 4 is 33.4 Å². The molecule has 0 atom stereocenters. The Bertz CT molecular complexity index is 842. The van der Waals surface area contributed by atoms with Crippen molar-refractivity contribution in [3.05, 3.63) is 40.5 Å². The second-order valence-electron chi connectivity index (χ2n) is 5.48. The molecule has 1 aromatic heterocycles. The maximum Gasteiger partial charge on any atom is 0.240 e. The van der Waals surface area contributed by atoms with Crippen LogP contribution in [0, 0.1) is 13.8 Å². The summed E-state index contributed by atoms with van der Waals surface area (Å²) in [5.74, 6) is 1.18. The second kappa shape index (κ2) is 8.46. The highest BCUT2D eigenvalue weighted by Gasteiger charge is 2.14. The second-order valence-corrected chi connectivity index (χ2v) is 7.66. The minimum absolute atomic E-state index is 0.143. The van der Waals surface area contributed by atoms with Crippen LogP contribution in [0.4, 0.5) is 11.8 Å². The highest BCUT2D eigenvalue weighted by atomic mass is 35.5. The van der Waals surface area contributed by atoms with E-state index in [9.17, 15) is 8.42 Å². The molecular weight excluding hydrogens is 362 g/mol. The van der Waals surface area contributed by atoms with Gasteiger partial charge in [0.2, 0.25) is 16.0 Å². The molecule has 9 heteroatoms. The van der Waals surface area contributed by atoms with Crippen LogP contribution in [-0.4, -0.2) is 38.0 Å². The Morgan fingerprint density at radius 1 is 1.08 bits per heavy atom. The molecule has 25 heavy (non-hydrogen) atoms. The Balaban J connectivity index is 1.93.